The number of amides is 2. The summed E-state index contributed by atoms with van der Waals surface area (Å²) in [5.74, 6) is 0.246. The standard InChI is InChI=1S/C19H16ClN3O3/c20-15-9-5-4-8-14(15)16-12-21-18(26-16)11-10-17(24)22-23-19(25)13-6-2-1-3-7-13/h1-9,12H,10-11H2,(H,22,24)(H,23,25). The molecule has 0 saturated heterocycles. The van der Waals surface area contributed by atoms with Gasteiger partial charge in [0.05, 0.1) is 11.2 Å². The first-order valence-corrected chi connectivity index (χ1v) is 8.35. The highest BCUT2D eigenvalue weighted by atomic mass is 35.5. The van der Waals surface area contributed by atoms with Crippen molar-refractivity contribution in [2.24, 2.45) is 0 Å². The summed E-state index contributed by atoms with van der Waals surface area (Å²) in [6, 6.07) is 15.9. The van der Waals surface area contributed by atoms with Gasteiger partial charge in [0.25, 0.3) is 5.91 Å². The number of oxazole rings is 1. The Hall–Kier alpha value is -3.12. The second-order valence-electron chi connectivity index (χ2n) is 5.47. The molecule has 3 rings (SSSR count). The molecule has 0 aliphatic carbocycles. The number of benzene rings is 2. The zero-order chi connectivity index (χ0) is 18.4. The van der Waals surface area contributed by atoms with E-state index in [2.05, 4.69) is 15.8 Å². The van der Waals surface area contributed by atoms with Crippen molar-refractivity contribution < 1.29 is 14.0 Å². The number of nitrogens with zero attached hydrogens (tertiary/aromatic N) is 1. The molecule has 1 aromatic heterocycles. The van der Waals surface area contributed by atoms with Crippen LogP contribution in [0.1, 0.15) is 22.7 Å². The zero-order valence-corrected chi connectivity index (χ0v) is 14.5. The van der Waals surface area contributed by atoms with Gasteiger partial charge in [0, 0.05) is 24.0 Å². The summed E-state index contributed by atoms with van der Waals surface area (Å²) < 4.78 is 5.63. The quantitative estimate of drug-likeness (QED) is 0.675. The lowest BCUT2D eigenvalue weighted by atomic mass is 10.2. The Kier molecular flexibility index (Phi) is 5.66. The number of hydrogen-bond donors (Lipinski definition) is 2. The molecule has 2 aromatic carbocycles. The number of aryl methyl sites for hydroxylation is 1. The third-order valence-corrected chi connectivity index (χ3v) is 3.94. The fraction of sp³-hybridized carbons (Fsp3) is 0.105. The van der Waals surface area contributed by atoms with Crippen molar-refractivity contribution in [1.29, 1.82) is 0 Å². The third kappa shape index (κ3) is 4.49. The van der Waals surface area contributed by atoms with Crippen molar-refractivity contribution >= 4 is 23.4 Å². The fourth-order valence-corrected chi connectivity index (χ4v) is 2.51. The molecule has 0 bridgehead atoms. The Morgan fingerprint density at radius 2 is 1.73 bits per heavy atom. The minimum atomic E-state index is -0.379. The number of carbonyl (C=O) groups is 2. The second kappa shape index (κ2) is 8.31. The van der Waals surface area contributed by atoms with E-state index in [4.69, 9.17) is 16.0 Å². The topological polar surface area (TPSA) is 84.2 Å². The molecule has 0 aliphatic heterocycles. The predicted molar refractivity (Wildman–Crippen MR) is 97.3 cm³/mol. The van der Waals surface area contributed by atoms with Crippen LogP contribution in [0.25, 0.3) is 11.3 Å². The van der Waals surface area contributed by atoms with E-state index in [9.17, 15) is 9.59 Å². The summed E-state index contributed by atoms with van der Waals surface area (Å²) in [5.41, 5.74) is 5.94. The van der Waals surface area contributed by atoms with Gasteiger partial charge in [-0.3, -0.25) is 20.4 Å². The van der Waals surface area contributed by atoms with Gasteiger partial charge < -0.3 is 4.42 Å². The summed E-state index contributed by atoms with van der Waals surface area (Å²) in [4.78, 5) is 27.9. The molecule has 2 N–H and O–H groups in total. The van der Waals surface area contributed by atoms with Crippen molar-refractivity contribution in [3.8, 4) is 11.3 Å². The van der Waals surface area contributed by atoms with Crippen LogP contribution in [0.5, 0.6) is 0 Å². The van der Waals surface area contributed by atoms with Gasteiger partial charge in [-0.05, 0) is 24.3 Å². The van der Waals surface area contributed by atoms with Crippen LogP contribution in [0.4, 0.5) is 0 Å². The monoisotopic (exact) mass is 369 g/mol. The Labute approximate surface area is 155 Å². The van der Waals surface area contributed by atoms with Crippen LogP contribution in [0.2, 0.25) is 5.02 Å². The Bertz CT molecular complexity index is 909. The largest absolute Gasteiger partial charge is 0.441 e. The summed E-state index contributed by atoms with van der Waals surface area (Å²) in [6.45, 7) is 0. The van der Waals surface area contributed by atoms with E-state index in [1.165, 1.54) is 0 Å². The van der Waals surface area contributed by atoms with Gasteiger partial charge in [-0.15, -0.1) is 0 Å². The van der Waals surface area contributed by atoms with Crippen molar-refractivity contribution in [2.75, 3.05) is 0 Å². The van der Waals surface area contributed by atoms with Crippen molar-refractivity contribution in [3.63, 3.8) is 0 Å². The lowest BCUT2D eigenvalue weighted by molar-refractivity contribution is -0.121. The molecule has 2 amide bonds. The van der Waals surface area contributed by atoms with Crippen molar-refractivity contribution in [1.82, 2.24) is 15.8 Å². The summed E-state index contributed by atoms with van der Waals surface area (Å²) in [7, 11) is 0. The molecule has 132 valence electrons. The number of aromatic nitrogens is 1. The first-order chi connectivity index (χ1) is 12.6. The van der Waals surface area contributed by atoms with E-state index in [-0.39, 0.29) is 18.2 Å². The number of nitrogens with one attached hydrogen (secondary N) is 2. The first kappa shape index (κ1) is 17.7. The molecule has 0 saturated carbocycles. The molecule has 7 heteroatoms. The Morgan fingerprint density at radius 3 is 2.50 bits per heavy atom. The van der Waals surface area contributed by atoms with Gasteiger partial charge in [-0.25, -0.2) is 4.98 Å². The molecular weight excluding hydrogens is 354 g/mol. The third-order valence-electron chi connectivity index (χ3n) is 3.61. The highest BCUT2D eigenvalue weighted by Crippen LogP contribution is 2.28. The van der Waals surface area contributed by atoms with E-state index < -0.39 is 0 Å². The van der Waals surface area contributed by atoms with E-state index in [0.29, 0.717) is 28.7 Å². The number of hydrogen-bond acceptors (Lipinski definition) is 4. The molecule has 0 unspecified atom stereocenters. The predicted octanol–water partition coefficient (Wildman–Crippen LogP) is 3.39. The lowest BCUT2D eigenvalue weighted by Crippen LogP contribution is -2.41. The first-order valence-electron chi connectivity index (χ1n) is 7.97. The number of carbonyl (C=O) groups excluding carboxylic acids is 2. The summed E-state index contributed by atoms with van der Waals surface area (Å²) in [6.07, 6.45) is 2.00. The van der Waals surface area contributed by atoms with E-state index in [1.54, 1.807) is 36.5 Å². The molecule has 26 heavy (non-hydrogen) atoms. The van der Waals surface area contributed by atoms with Crippen LogP contribution >= 0.6 is 11.6 Å². The maximum absolute atomic E-state index is 11.9. The average molecular weight is 370 g/mol. The van der Waals surface area contributed by atoms with Crippen molar-refractivity contribution in [2.45, 2.75) is 12.8 Å². The van der Waals surface area contributed by atoms with Gasteiger partial charge in [0.15, 0.2) is 11.7 Å². The molecular formula is C19H16ClN3O3. The van der Waals surface area contributed by atoms with Gasteiger partial charge >= 0.3 is 0 Å². The molecule has 6 nitrogen and oxygen atoms in total. The normalized spacial score (nSPS) is 10.3. The number of halogens is 1. The van der Waals surface area contributed by atoms with Crippen molar-refractivity contribution in [3.05, 3.63) is 77.3 Å². The molecule has 0 aliphatic rings. The van der Waals surface area contributed by atoms with E-state index >= 15 is 0 Å². The average Bonchev–Trinajstić information content (AvgIpc) is 3.14. The second-order valence-corrected chi connectivity index (χ2v) is 5.87. The maximum Gasteiger partial charge on any atom is 0.269 e. The minimum absolute atomic E-state index is 0.123. The lowest BCUT2D eigenvalue weighted by Gasteiger charge is -2.06. The minimum Gasteiger partial charge on any atom is -0.441 e. The summed E-state index contributed by atoms with van der Waals surface area (Å²) in [5, 5.41) is 0.566. The zero-order valence-electron chi connectivity index (χ0n) is 13.7. The molecule has 0 spiro atoms. The smallest absolute Gasteiger partial charge is 0.269 e. The van der Waals surface area contributed by atoms with E-state index in [1.807, 2.05) is 24.3 Å². The number of hydrazine groups is 1. The van der Waals surface area contributed by atoms with Crippen LogP contribution in [-0.4, -0.2) is 16.8 Å². The van der Waals surface area contributed by atoms with Crippen LogP contribution in [0, 0.1) is 0 Å². The van der Waals surface area contributed by atoms with Gasteiger partial charge in [0.2, 0.25) is 5.91 Å². The number of rotatable bonds is 5. The molecule has 0 fully saturated rings. The molecule has 0 atom stereocenters. The Balaban J connectivity index is 1.49. The van der Waals surface area contributed by atoms with Gasteiger partial charge in [-0.2, -0.15) is 0 Å². The van der Waals surface area contributed by atoms with Crippen LogP contribution < -0.4 is 10.9 Å². The van der Waals surface area contributed by atoms with E-state index in [0.717, 1.165) is 5.56 Å². The highest BCUT2D eigenvalue weighted by Gasteiger charge is 2.12. The maximum atomic E-state index is 11.9. The van der Waals surface area contributed by atoms with Gasteiger partial charge in [0.1, 0.15) is 0 Å². The van der Waals surface area contributed by atoms with Crippen LogP contribution in [0.15, 0.2) is 65.2 Å². The van der Waals surface area contributed by atoms with Crippen LogP contribution in [0.3, 0.4) is 0 Å². The highest BCUT2D eigenvalue weighted by molar-refractivity contribution is 6.33. The molecule has 1 heterocycles. The Morgan fingerprint density at radius 1 is 1.00 bits per heavy atom. The summed E-state index contributed by atoms with van der Waals surface area (Å²) >= 11 is 6.12. The van der Waals surface area contributed by atoms with Crippen LogP contribution in [-0.2, 0) is 11.2 Å². The fourth-order valence-electron chi connectivity index (χ4n) is 2.28. The SMILES string of the molecule is O=C(CCc1ncc(-c2ccccc2Cl)o1)NNC(=O)c1ccccc1. The van der Waals surface area contributed by atoms with Gasteiger partial charge in [-0.1, -0.05) is 41.9 Å². The molecule has 3 aromatic rings. The molecule has 0 radical (unpaired) electrons.